The fourth-order valence-corrected chi connectivity index (χ4v) is 1.62. The second-order valence-corrected chi connectivity index (χ2v) is 3.99. The monoisotopic (exact) mass is 235 g/mol. The van der Waals surface area contributed by atoms with Crippen molar-refractivity contribution < 1.29 is 9.57 Å². The van der Waals surface area contributed by atoms with Crippen LogP contribution < -0.4 is 0 Å². The van der Waals surface area contributed by atoms with Crippen LogP contribution in [0.25, 0.3) is 0 Å². The number of rotatable bonds is 8. The van der Waals surface area contributed by atoms with Gasteiger partial charge in [-0.15, -0.1) is 0 Å². The third kappa shape index (κ3) is 6.07. The fraction of sp³-hybridized carbons (Fsp3) is 0.500. The normalized spacial score (nSPS) is 12.8. The van der Waals surface area contributed by atoms with Gasteiger partial charge in [0.1, 0.15) is 7.11 Å². The first-order chi connectivity index (χ1) is 8.36. The SMILES string of the molecule is CCCC(C=NOC)COCc1ccccc1. The predicted molar refractivity (Wildman–Crippen MR) is 70.0 cm³/mol. The van der Waals surface area contributed by atoms with Crippen molar-refractivity contribution in [3.05, 3.63) is 35.9 Å². The van der Waals surface area contributed by atoms with Gasteiger partial charge in [-0.05, 0) is 12.0 Å². The summed E-state index contributed by atoms with van der Waals surface area (Å²) in [4.78, 5) is 4.70. The first-order valence-electron chi connectivity index (χ1n) is 6.05. The molecule has 1 aromatic rings. The van der Waals surface area contributed by atoms with E-state index < -0.39 is 0 Å². The average Bonchev–Trinajstić information content (AvgIpc) is 2.37. The van der Waals surface area contributed by atoms with E-state index in [1.54, 1.807) is 7.11 Å². The summed E-state index contributed by atoms with van der Waals surface area (Å²) >= 11 is 0. The molecule has 0 fully saturated rings. The van der Waals surface area contributed by atoms with E-state index in [2.05, 4.69) is 24.2 Å². The molecule has 0 aliphatic carbocycles. The van der Waals surface area contributed by atoms with Gasteiger partial charge in [0.15, 0.2) is 0 Å². The van der Waals surface area contributed by atoms with Crippen LogP contribution >= 0.6 is 0 Å². The Bertz CT molecular complexity index is 311. The second-order valence-electron chi connectivity index (χ2n) is 3.99. The molecule has 17 heavy (non-hydrogen) atoms. The molecule has 0 radical (unpaired) electrons. The zero-order valence-corrected chi connectivity index (χ0v) is 10.6. The second kappa shape index (κ2) is 8.76. The van der Waals surface area contributed by atoms with Gasteiger partial charge < -0.3 is 9.57 Å². The molecule has 1 aromatic carbocycles. The maximum Gasteiger partial charge on any atom is 0.106 e. The van der Waals surface area contributed by atoms with Gasteiger partial charge in [0.2, 0.25) is 0 Å². The lowest BCUT2D eigenvalue weighted by Crippen LogP contribution is -2.11. The van der Waals surface area contributed by atoms with Crippen molar-refractivity contribution in [1.29, 1.82) is 0 Å². The van der Waals surface area contributed by atoms with E-state index in [0.29, 0.717) is 19.1 Å². The van der Waals surface area contributed by atoms with Gasteiger partial charge in [-0.3, -0.25) is 0 Å². The van der Waals surface area contributed by atoms with E-state index in [1.165, 1.54) is 5.56 Å². The van der Waals surface area contributed by atoms with Crippen LogP contribution in [0.1, 0.15) is 25.3 Å². The van der Waals surface area contributed by atoms with Crippen molar-refractivity contribution in [3.8, 4) is 0 Å². The molecule has 0 saturated heterocycles. The van der Waals surface area contributed by atoms with Gasteiger partial charge >= 0.3 is 0 Å². The van der Waals surface area contributed by atoms with Gasteiger partial charge in [-0.2, -0.15) is 0 Å². The highest BCUT2D eigenvalue weighted by Gasteiger charge is 2.05. The molecule has 3 nitrogen and oxygen atoms in total. The van der Waals surface area contributed by atoms with Crippen molar-refractivity contribution in [1.82, 2.24) is 0 Å². The van der Waals surface area contributed by atoms with Crippen LogP contribution in [-0.2, 0) is 16.2 Å². The minimum Gasteiger partial charge on any atom is -0.399 e. The maximum atomic E-state index is 5.68. The predicted octanol–water partition coefficient (Wildman–Crippen LogP) is 3.25. The smallest absolute Gasteiger partial charge is 0.106 e. The van der Waals surface area contributed by atoms with Gasteiger partial charge in [0.25, 0.3) is 0 Å². The third-order valence-corrected chi connectivity index (χ3v) is 2.48. The Morgan fingerprint density at radius 3 is 2.71 bits per heavy atom. The lowest BCUT2D eigenvalue weighted by atomic mass is 10.1. The van der Waals surface area contributed by atoms with E-state index in [9.17, 15) is 0 Å². The van der Waals surface area contributed by atoms with Crippen molar-refractivity contribution in [3.63, 3.8) is 0 Å². The van der Waals surface area contributed by atoms with Gasteiger partial charge in [-0.25, -0.2) is 0 Å². The molecule has 0 spiro atoms. The minimum absolute atomic E-state index is 0.337. The summed E-state index contributed by atoms with van der Waals surface area (Å²) in [5.74, 6) is 0.337. The molecule has 0 aliphatic rings. The third-order valence-electron chi connectivity index (χ3n) is 2.48. The Balaban J connectivity index is 2.29. The lowest BCUT2D eigenvalue weighted by Gasteiger charge is -2.11. The Kier molecular flexibility index (Phi) is 7.07. The largest absolute Gasteiger partial charge is 0.399 e. The zero-order chi connectivity index (χ0) is 12.3. The van der Waals surface area contributed by atoms with Gasteiger partial charge in [-0.1, -0.05) is 48.8 Å². The summed E-state index contributed by atoms with van der Waals surface area (Å²) in [7, 11) is 1.56. The number of nitrogens with zero attached hydrogens (tertiary/aromatic N) is 1. The molecule has 0 bridgehead atoms. The van der Waals surface area contributed by atoms with E-state index in [0.717, 1.165) is 12.8 Å². The number of hydrogen-bond donors (Lipinski definition) is 0. The van der Waals surface area contributed by atoms with Crippen LogP contribution in [-0.4, -0.2) is 19.9 Å². The summed E-state index contributed by atoms with van der Waals surface area (Å²) in [6.45, 7) is 3.50. The molecule has 1 unspecified atom stereocenters. The summed E-state index contributed by atoms with van der Waals surface area (Å²) in [5.41, 5.74) is 1.20. The molecule has 1 rings (SSSR count). The first-order valence-corrected chi connectivity index (χ1v) is 6.05. The van der Waals surface area contributed by atoms with Crippen LogP contribution in [0.3, 0.4) is 0 Å². The van der Waals surface area contributed by atoms with Crippen molar-refractivity contribution >= 4 is 6.21 Å². The molecule has 3 heteroatoms. The highest BCUT2D eigenvalue weighted by atomic mass is 16.6. The molecule has 94 valence electrons. The number of benzene rings is 1. The van der Waals surface area contributed by atoms with E-state index >= 15 is 0 Å². The van der Waals surface area contributed by atoms with E-state index in [-0.39, 0.29) is 0 Å². The molecule has 0 aromatic heterocycles. The highest BCUT2D eigenvalue weighted by Crippen LogP contribution is 2.07. The van der Waals surface area contributed by atoms with Gasteiger partial charge in [0, 0.05) is 12.1 Å². The average molecular weight is 235 g/mol. The standard InChI is InChI=1S/C14H21NO2/c1-3-7-14(10-15-16-2)12-17-11-13-8-5-4-6-9-13/h4-6,8-10,14H,3,7,11-12H2,1-2H3. The molecule has 0 N–H and O–H groups in total. The molecule has 1 atom stereocenters. The number of hydrogen-bond acceptors (Lipinski definition) is 3. The van der Waals surface area contributed by atoms with Crippen LogP contribution in [0.5, 0.6) is 0 Å². The van der Waals surface area contributed by atoms with E-state index in [1.807, 2.05) is 24.4 Å². The topological polar surface area (TPSA) is 30.8 Å². The molecule has 0 amide bonds. The highest BCUT2D eigenvalue weighted by molar-refractivity contribution is 5.59. The van der Waals surface area contributed by atoms with E-state index in [4.69, 9.17) is 9.57 Å². The lowest BCUT2D eigenvalue weighted by molar-refractivity contribution is 0.101. The first kappa shape index (κ1) is 13.7. The van der Waals surface area contributed by atoms with Crippen molar-refractivity contribution in [2.24, 2.45) is 11.1 Å². The van der Waals surface area contributed by atoms with Crippen molar-refractivity contribution in [2.45, 2.75) is 26.4 Å². The summed E-state index contributed by atoms with van der Waals surface area (Å²) < 4.78 is 5.68. The quantitative estimate of drug-likeness (QED) is 0.511. The Morgan fingerprint density at radius 1 is 1.29 bits per heavy atom. The van der Waals surface area contributed by atoms with Crippen LogP contribution in [0.4, 0.5) is 0 Å². The molecular formula is C14H21NO2. The number of oxime groups is 1. The van der Waals surface area contributed by atoms with Crippen molar-refractivity contribution in [2.75, 3.05) is 13.7 Å². The Morgan fingerprint density at radius 2 is 2.06 bits per heavy atom. The van der Waals surface area contributed by atoms with Crippen LogP contribution in [0, 0.1) is 5.92 Å². The Hall–Kier alpha value is -1.35. The summed E-state index contributed by atoms with van der Waals surface area (Å²) in [6.07, 6.45) is 4.02. The Labute approximate surface area is 103 Å². The maximum absolute atomic E-state index is 5.68. The summed E-state index contributed by atoms with van der Waals surface area (Å²) in [5, 5.41) is 3.81. The summed E-state index contributed by atoms with van der Waals surface area (Å²) in [6, 6.07) is 10.2. The van der Waals surface area contributed by atoms with Gasteiger partial charge in [0.05, 0.1) is 13.2 Å². The van der Waals surface area contributed by atoms with Crippen LogP contribution in [0.15, 0.2) is 35.5 Å². The molecule has 0 aliphatic heterocycles. The number of ether oxygens (including phenoxy) is 1. The molecule has 0 saturated carbocycles. The zero-order valence-electron chi connectivity index (χ0n) is 10.6. The molecule has 0 heterocycles. The molecular weight excluding hydrogens is 214 g/mol. The minimum atomic E-state index is 0.337. The fourth-order valence-electron chi connectivity index (χ4n) is 1.62. The van der Waals surface area contributed by atoms with Crippen LogP contribution in [0.2, 0.25) is 0 Å².